The Kier molecular flexibility index (Phi) is 10.5. The van der Waals surface area contributed by atoms with Crippen molar-refractivity contribution in [2.24, 2.45) is 0 Å². The number of ether oxygens (including phenoxy) is 4. The van der Waals surface area contributed by atoms with Gasteiger partial charge in [-0.15, -0.1) is 0 Å². The van der Waals surface area contributed by atoms with Crippen molar-refractivity contribution < 1.29 is 38.4 Å². The molecule has 2 N–H and O–H groups in total. The van der Waals surface area contributed by atoms with E-state index in [0.717, 1.165) is 11.8 Å². The molecule has 6 atom stereocenters. The van der Waals surface area contributed by atoms with Crippen molar-refractivity contribution in [3.8, 4) is 0 Å². The molecule has 13 heteroatoms. The molecule has 184 valence electrons. The average Bonchev–Trinajstić information content (AvgIpc) is 2.70. The van der Waals surface area contributed by atoms with Gasteiger partial charge in [-0.3, -0.25) is 19.7 Å². The van der Waals surface area contributed by atoms with Crippen LogP contribution >= 0.6 is 46.6 Å². The molecule has 0 amide bonds. The van der Waals surface area contributed by atoms with Crippen molar-refractivity contribution in [1.82, 2.24) is 5.32 Å². The third kappa shape index (κ3) is 8.79. The first kappa shape index (κ1) is 28.0. The van der Waals surface area contributed by atoms with Gasteiger partial charge in [0, 0.05) is 25.7 Å². The monoisotopic (exact) mass is 543 g/mol. The lowest BCUT2D eigenvalue weighted by atomic mass is 9.97. The summed E-state index contributed by atoms with van der Waals surface area (Å²) in [6.45, 7) is 3.27. The van der Waals surface area contributed by atoms with Crippen LogP contribution < -0.4 is 5.32 Å². The number of rotatable bonds is 8. The van der Waals surface area contributed by atoms with Crippen molar-refractivity contribution in [2.45, 2.75) is 65.5 Å². The number of thioether (sulfide) groups is 1. The van der Waals surface area contributed by atoms with Gasteiger partial charge in [-0.05, 0) is 12.1 Å². The number of carbonyl (C=O) groups is 3. The highest BCUT2D eigenvalue weighted by Crippen LogP contribution is 2.37. The number of carbonyl (C=O) groups excluding carboxylic acids is 3. The molecule has 0 spiro atoms. The minimum absolute atomic E-state index is 0.281. The van der Waals surface area contributed by atoms with Gasteiger partial charge in [0.25, 0.3) is 0 Å². The number of halogens is 3. The maximum Gasteiger partial charge on any atom is 0.303 e. The molecule has 0 unspecified atom stereocenters. The van der Waals surface area contributed by atoms with E-state index in [1.54, 1.807) is 0 Å². The van der Waals surface area contributed by atoms with Crippen LogP contribution in [0.15, 0.2) is 35.2 Å². The number of esters is 3. The Labute approximate surface area is 210 Å². The number of hydrogen-bond donors (Lipinski definition) is 2. The van der Waals surface area contributed by atoms with Crippen molar-refractivity contribution >= 4 is 64.5 Å². The van der Waals surface area contributed by atoms with E-state index < -0.39 is 57.7 Å². The standard InChI is InChI=1S/C20H24Cl3NO8S/c1-10(25)29-9-14-16(30-11(2)26)17(31-12(3)27)15(24-19(28)20(21,22)23)18(32-14)33-13-7-5-4-6-8-13/h4-8,14-19,24,28H,9H2,1-3H3/t14-,15-,16-,17-,18+,19-/m1/s1. The first-order valence-electron chi connectivity index (χ1n) is 9.74. The maximum absolute atomic E-state index is 11.9. The molecule has 1 aromatic rings. The van der Waals surface area contributed by atoms with Crippen LogP contribution in [-0.4, -0.2) is 69.4 Å². The minimum atomic E-state index is -2.13. The summed E-state index contributed by atoms with van der Waals surface area (Å²) in [6, 6.07) is 8.07. The summed E-state index contributed by atoms with van der Waals surface area (Å²) < 4.78 is 19.9. The van der Waals surface area contributed by atoms with Gasteiger partial charge >= 0.3 is 17.9 Å². The third-order valence-corrected chi connectivity index (χ3v) is 6.16. The fourth-order valence-corrected chi connectivity index (χ4v) is 4.44. The van der Waals surface area contributed by atoms with Crippen molar-refractivity contribution in [2.75, 3.05) is 6.61 Å². The van der Waals surface area contributed by atoms with E-state index in [2.05, 4.69) is 5.32 Å². The van der Waals surface area contributed by atoms with Gasteiger partial charge in [-0.1, -0.05) is 64.8 Å². The lowest BCUT2D eigenvalue weighted by molar-refractivity contribution is -0.214. The highest BCUT2D eigenvalue weighted by Gasteiger charge is 2.52. The second kappa shape index (κ2) is 12.4. The summed E-state index contributed by atoms with van der Waals surface area (Å²) in [5.41, 5.74) is -0.855. The Bertz CT molecular complexity index is 825. The van der Waals surface area contributed by atoms with Crippen LogP contribution in [0.4, 0.5) is 0 Å². The summed E-state index contributed by atoms with van der Waals surface area (Å²) >= 11 is 18.7. The molecule has 9 nitrogen and oxygen atoms in total. The predicted molar refractivity (Wildman–Crippen MR) is 122 cm³/mol. The van der Waals surface area contributed by atoms with E-state index in [0.29, 0.717) is 0 Å². The topological polar surface area (TPSA) is 120 Å². The summed E-state index contributed by atoms with van der Waals surface area (Å²) in [6.07, 6.45) is -5.08. The van der Waals surface area contributed by atoms with Gasteiger partial charge < -0.3 is 24.1 Å². The van der Waals surface area contributed by atoms with Crippen molar-refractivity contribution in [3.05, 3.63) is 30.3 Å². The zero-order valence-electron chi connectivity index (χ0n) is 17.9. The molecule has 1 aromatic carbocycles. The van der Waals surface area contributed by atoms with Gasteiger partial charge in [-0.25, -0.2) is 0 Å². The third-order valence-electron chi connectivity index (χ3n) is 4.36. The molecular formula is C20H24Cl3NO8S. The smallest absolute Gasteiger partial charge is 0.303 e. The summed E-state index contributed by atoms with van der Waals surface area (Å²) in [5, 5.41) is 13.1. The number of nitrogens with one attached hydrogen (secondary N) is 1. The molecule has 0 aromatic heterocycles. The van der Waals surface area contributed by atoms with Crippen molar-refractivity contribution in [1.29, 1.82) is 0 Å². The van der Waals surface area contributed by atoms with E-state index in [1.165, 1.54) is 25.6 Å². The summed E-state index contributed by atoms with van der Waals surface area (Å²) in [4.78, 5) is 35.9. The fraction of sp³-hybridized carbons (Fsp3) is 0.550. The minimum Gasteiger partial charge on any atom is -0.463 e. The second-order valence-electron chi connectivity index (χ2n) is 7.06. The Hall–Kier alpha value is -1.27. The average molecular weight is 545 g/mol. The lowest BCUT2D eigenvalue weighted by Gasteiger charge is -2.46. The summed E-state index contributed by atoms with van der Waals surface area (Å²) in [5.74, 6) is -1.96. The molecule has 1 heterocycles. The van der Waals surface area contributed by atoms with Crippen LogP contribution in [0, 0.1) is 0 Å². The molecule has 33 heavy (non-hydrogen) atoms. The van der Waals surface area contributed by atoms with Gasteiger partial charge in [0.1, 0.15) is 18.1 Å². The molecule has 1 aliphatic heterocycles. The van der Waals surface area contributed by atoms with Crippen LogP contribution in [0.25, 0.3) is 0 Å². The molecular weight excluding hydrogens is 521 g/mol. The molecule has 0 bridgehead atoms. The Morgan fingerprint density at radius 2 is 1.64 bits per heavy atom. The highest BCUT2D eigenvalue weighted by atomic mass is 35.6. The van der Waals surface area contributed by atoms with Gasteiger partial charge in [-0.2, -0.15) is 0 Å². The van der Waals surface area contributed by atoms with Gasteiger partial charge in [0.2, 0.25) is 3.79 Å². The highest BCUT2D eigenvalue weighted by molar-refractivity contribution is 7.99. The van der Waals surface area contributed by atoms with Crippen LogP contribution in [0.2, 0.25) is 0 Å². The molecule has 1 fully saturated rings. The van der Waals surface area contributed by atoms with Crippen LogP contribution in [0.1, 0.15) is 20.8 Å². The normalized spacial score (nSPS) is 26.2. The first-order chi connectivity index (χ1) is 15.4. The van der Waals surface area contributed by atoms with Gasteiger partial charge in [0.05, 0.1) is 6.04 Å². The van der Waals surface area contributed by atoms with E-state index in [1.807, 2.05) is 30.3 Å². The number of benzene rings is 1. The fourth-order valence-electron chi connectivity index (χ4n) is 3.09. The second-order valence-corrected chi connectivity index (χ2v) is 10.6. The molecule has 2 rings (SSSR count). The van der Waals surface area contributed by atoms with Crippen LogP contribution in [-0.2, 0) is 33.3 Å². The van der Waals surface area contributed by atoms with E-state index >= 15 is 0 Å². The molecule has 0 radical (unpaired) electrons. The maximum atomic E-state index is 11.9. The number of aliphatic hydroxyl groups excluding tert-OH is 1. The van der Waals surface area contributed by atoms with Crippen LogP contribution in [0.5, 0.6) is 0 Å². The van der Waals surface area contributed by atoms with Crippen molar-refractivity contribution in [3.63, 3.8) is 0 Å². The zero-order chi connectivity index (χ0) is 24.8. The molecule has 1 aliphatic rings. The number of hydrogen-bond acceptors (Lipinski definition) is 10. The lowest BCUT2D eigenvalue weighted by Crippen LogP contribution is -2.67. The summed E-state index contributed by atoms with van der Waals surface area (Å²) in [7, 11) is 0. The van der Waals surface area contributed by atoms with Crippen LogP contribution in [0.3, 0.4) is 0 Å². The number of alkyl halides is 3. The zero-order valence-corrected chi connectivity index (χ0v) is 21.0. The number of aliphatic hydroxyl groups is 1. The van der Waals surface area contributed by atoms with Gasteiger partial charge in [0.15, 0.2) is 18.4 Å². The Morgan fingerprint density at radius 3 is 2.15 bits per heavy atom. The Balaban J connectivity index is 2.48. The molecule has 0 aliphatic carbocycles. The first-order valence-corrected chi connectivity index (χ1v) is 11.8. The largest absolute Gasteiger partial charge is 0.463 e. The quantitative estimate of drug-likeness (QED) is 0.219. The van der Waals surface area contributed by atoms with E-state index in [-0.39, 0.29) is 6.61 Å². The SMILES string of the molecule is CC(=O)OC[C@H]1O[C@@H](Sc2ccccc2)[C@H](N[C@H](O)C(Cl)(Cl)Cl)[C@@H](OC(C)=O)[C@@H]1OC(C)=O. The Morgan fingerprint density at radius 1 is 1.06 bits per heavy atom. The molecule has 0 saturated carbocycles. The predicted octanol–water partition coefficient (Wildman–Crippen LogP) is 2.58. The molecule has 1 saturated heterocycles. The van der Waals surface area contributed by atoms with E-state index in [4.69, 9.17) is 53.8 Å². The van der Waals surface area contributed by atoms with E-state index in [9.17, 15) is 19.5 Å².